The molecule has 0 aliphatic heterocycles. The molecule has 0 aromatic heterocycles. The molecule has 0 spiro atoms. The average molecular weight is 262 g/mol. The Balaban J connectivity index is 2.27. The lowest BCUT2D eigenvalue weighted by molar-refractivity contribution is 0.120. The summed E-state index contributed by atoms with van der Waals surface area (Å²) >= 11 is 3.55. The summed E-state index contributed by atoms with van der Waals surface area (Å²) in [6.07, 6.45) is 5.61. The van der Waals surface area contributed by atoms with Gasteiger partial charge in [-0.25, -0.2) is 0 Å². The van der Waals surface area contributed by atoms with Gasteiger partial charge in [-0.05, 0) is 31.2 Å². The van der Waals surface area contributed by atoms with E-state index in [4.69, 9.17) is 0 Å². The van der Waals surface area contributed by atoms with Crippen LogP contribution in [-0.2, 0) is 0 Å². The van der Waals surface area contributed by atoms with Crippen molar-refractivity contribution >= 4 is 15.9 Å². The molecule has 0 atom stereocenters. The molecule has 0 radical (unpaired) electrons. The molecule has 1 nitrogen and oxygen atoms in total. The second-order valence-corrected chi connectivity index (χ2v) is 6.41. The van der Waals surface area contributed by atoms with Crippen LogP contribution in [0.25, 0.3) is 0 Å². The molecule has 0 bridgehead atoms. The third kappa shape index (κ3) is 4.31. The van der Waals surface area contributed by atoms with Crippen LogP contribution in [0.2, 0.25) is 0 Å². The Labute approximate surface area is 97.4 Å². The third-order valence-corrected chi connectivity index (χ3v) is 3.47. The van der Waals surface area contributed by atoms with E-state index in [1.807, 2.05) is 0 Å². The van der Waals surface area contributed by atoms with Gasteiger partial charge in [0.05, 0.1) is 0 Å². The van der Waals surface area contributed by atoms with Gasteiger partial charge in [0.2, 0.25) is 0 Å². The van der Waals surface area contributed by atoms with Crippen LogP contribution in [-0.4, -0.2) is 29.4 Å². The van der Waals surface area contributed by atoms with Gasteiger partial charge in [-0.2, -0.15) is 0 Å². The summed E-state index contributed by atoms with van der Waals surface area (Å²) in [5.41, 5.74) is 0.480. The molecule has 0 N–H and O–H groups in total. The number of hydrogen-bond donors (Lipinski definition) is 0. The molecule has 14 heavy (non-hydrogen) atoms. The van der Waals surface area contributed by atoms with Crippen molar-refractivity contribution in [3.63, 3.8) is 0 Å². The molecule has 0 aromatic carbocycles. The number of nitrogens with zero attached hydrogens (tertiary/aromatic N) is 1. The predicted octanol–water partition coefficient (Wildman–Crippen LogP) is 3.67. The fraction of sp³-hybridized carbons (Fsp3) is 1.00. The number of halogens is 1. The highest BCUT2D eigenvalue weighted by Gasteiger charge is 2.25. The fourth-order valence-electron chi connectivity index (χ4n) is 1.82. The first-order valence-corrected chi connectivity index (χ1v) is 6.95. The maximum absolute atomic E-state index is 3.55. The van der Waals surface area contributed by atoms with Crippen LogP contribution in [0.1, 0.15) is 46.5 Å². The normalized spacial score (nSPS) is 18.6. The standard InChI is InChI=1S/C12H24BrN/c1-12(2,3)7-9-14(10-8-13)11-5-4-6-11/h11H,4-10H2,1-3H3. The lowest BCUT2D eigenvalue weighted by atomic mass is 9.88. The first-order chi connectivity index (χ1) is 6.53. The van der Waals surface area contributed by atoms with Crippen LogP contribution >= 0.6 is 15.9 Å². The molecule has 0 unspecified atom stereocenters. The molecule has 0 saturated heterocycles. The molecule has 1 saturated carbocycles. The first kappa shape index (κ1) is 12.5. The maximum Gasteiger partial charge on any atom is 0.0159 e. The Bertz CT molecular complexity index is 158. The Kier molecular flexibility index (Phi) is 4.92. The van der Waals surface area contributed by atoms with Gasteiger partial charge in [-0.1, -0.05) is 43.1 Å². The van der Waals surface area contributed by atoms with Crippen molar-refractivity contribution in [2.75, 3.05) is 18.4 Å². The minimum atomic E-state index is 0.480. The van der Waals surface area contributed by atoms with E-state index in [1.165, 1.54) is 38.8 Å². The summed E-state index contributed by atoms with van der Waals surface area (Å²) in [7, 11) is 0. The molecule has 1 rings (SSSR count). The molecule has 1 aliphatic rings. The minimum absolute atomic E-state index is 0.480. The largest absolute Gasteiger partial charge is 0.300 e. The SMILES string of the molecule is CC(C)(C)CCN(CCBr)C1CCC1. The molecular weight excluding hydrogens is 238 g/mol. The first-order valence-electron chi connectivity index (χ1n) is 5.83. The highest BCUT2D eigenvalue weighted by molar-refractivity contribution is 9.09. The summed E-state index contributed by atoms with van der Waals surface area (Å²) in [4.78, 5) is 2.67. The van der Waals surface area contributed by atoms with Crippen LogP contribution in [0, 0.1) is 5.41 Å². The molecule has 0 aromatic rings. The van der Waals surface area contributed by atoms with Crippen LogP contribution in [0.4, 0.5) is 0 Å². The van der Waals surface area contributed by atoms with Gasteiger partial charge in [-0.3, -0.25) is 4.90 Å². The van der Waals surface area contributed by atoms with Crippen LogP contribution in [0.5, 0.6) is 0 Å². The van der Waals surface area contributed by atoms with E-state index < -0.39 is 0 Å². The molecule has 84 valence electrons. The van der Waals surface area contributed by atoms with E-state index in [-0.39, 0.29) is 0 Å². The highest BCUT2D eigenvalue weighted by Crippen LogP contribution is 2.27. The van der Waals surface area contributed by atoms with Crippen molar-refractivity contribution in [3.8, 4) is 0 Å². The summed E-state index contributed by atoms with van der Waals surface area (Å²) in [5.74, 6) is 0. The van der Waals surface area contributed by atoms with Gasteiger partial charge in [-0.15, -0.1) is 0 Å². The van der Waals surface area contributed by atoms with E-state index in [1.54, 1.807) is 0 Å². The second kappa shape index (κ2) is 5.50. The van der Waals surface area contributed by atoms with Gasteiger partial charge >= 0.3 is 0 Å². The number of alkyl halides is 1. The number of rotatable bonds is 5. The Morgan fingerprint density at radius 1 is 1.21 bits per heavy atom. The van der Waals surface area contributed by atoms with E-state index >= 15 is 0 Å². The van der Waals surface area contributed by atoms with Gasteiger partial charge in [0.1, 0.15) is 0 Å². The van der Waals surface area contributed by atoms with Crippen LogP contribution < -0.4 is 0 Å². The van der Waals surface area contributed by atoms with Crippen molar-refractivity contribution in [2.24, 2.45) is 5.41 Å². The lowest BCUT2D eigenvalue weighted by Crippen LogP contribution is -2.42. The monoisotopic (exact) mass is 261 g/mol. The van der Waals surface area contributed by atoms with Gasteiger partial charge < -0.3 is 0 Å². The number of hydrogen-bond acceptors (Lipinski definition) is 1. The predicted molar refractivity (Wildman–Crippen MR) is 67.1 cm³/mol. The molecule has 1 aliphatic carbocycles. The zero-order chi connectivity index (χ0) is 10.6. The second-order valence-electron chi connectivity index (χ2n) is 5.62. The molecular formula is C12H24BrN. The summed E-state index contributed by atoms with van der Waals surface area (Å²) < 4.78 is 0. The Hall–Kier alpha value is 0.440. The Morgan fingerprint density at radius 3 is 2.21 bits per heavy atom. The van der Waals surface area contributed by atoms with Gasteiger partial charge in [0, 0.05) is 17.9 Å². The topological polar surface area (TPSA) is 3.24 Å². The third-order valence-electron chi connectivity index (χ3n) is 3.11. The van der Waals surface area contributed by atoms with Crippen molar-refractivity contribution in [1.29, 1.82) is 0 Å². The quantitative estimate of drug-likeness (QED) is 0.683. The summed E-state index contributed by atoms with van der Waals surface area (Å²) in [6.45, 7) is 9.50. The zero-order valence-corrected chi connectivity index (χ0v) is 11.4. The van der Waals surface area contributed by atoms with E-state index in [0.29, 0.717) is 5.41 Å². The van der Waals surface area contributed by atoms with Crippen LogP contribution in [0.15, 0.2) is 0 Å². The van der Waals surface area contributed by atoms with Gasteiger partial charge in [0.15, 0.2) is 0 Å². The molecule has 0 amide bonds. The molecule has 2 heteroatoms. The Morgan fingerprint density at radius 2 is 1.86 bits per heavy atom. The van der Waals surface area contributed by atoms with Crippen molar-refractivity contribution < 1.29 is 0 Å². The van der Waals surface area contributed by atoms with Crippen molar-refractivity contribution in [1.82, 2.24) is 4.90 Å². The molecule has 1 fully saturated rings. The van der Waals surface area contributed by atoms with Crippen LogP contribution in [0.3, 0.4) is 0 Å². The van der Waals surface area contributed by atoms with E-state index in [9.17, 15) is 0 Å². The van der Waals surface area contributed by atoms with Crippen molar-refractivity contribution in [2.45, 2.75) is 52.5 Å². The smallest absolute Gasteiger partial charge is 0.0159 e. The lowest BCUT2D eigenvalue weighted by Gasteiger charge is -2.38. The van der Waals surface area contributed by atoms with E-state index in [0.717, 1.165) is 11.4 Å². The zero-order valence-electron chi connectivity index (χ0n) is 9.85. The summed E-state index contributed by atoms with van der Waals surface area (Å²) in [5, 5.41) is 1.12. The van der Waals surface area contributed by atoms with Crippen molar-refractivity contribution in [3.05, 3.63) is 0 Å². The summed E-state index contributed by atoms with van der Waals surface area (Å²) in [6, 6.07) is 0.898. The minimum Gasteiger partial charge on any atom is -0.300 e. The maximum atomic E-state index is 3.55. The van der Waals surface area contributed by atoms with Gasteiger partial charge in [0.25, 0.3) is 0 Å². The molecule has 0 heterocycles. The average Bonchev–Trinajstić information content (AvgIpc) is 1.95. The van der Waals surface area contributed by atoms with E-state index in [2.05, 4.69) is 41.6 Å². The highest BCUT2D eigenvalue weighted by atomic mass is 79.9. The fourth-order valence-corrected chi connectivity index (χ4v) is 2.27.